The smallest absolute Gasteiger partial charge is 0.256 e. The van der Waals surface area contributed by atoms with Crippen LogP contribution in [0.25, 0.3) is 0 Å². The SMILES string of the molecule is CCC(C)(C#N)NC(=O)c1c(F)cccc1Br. The van der Waals surface area contributed by atoms with Crippen LogP contribution >= 0.6 is 15.9 Å². The summed E-state index contributed by atoms with van der Waals surface area (Å²) in [7, 11) is 0. The van der Waals surface area contributed by atoms with Crippen LogP contribution in [0.5, 0.6) is 0 Å². The van der Waals surface area contributed by atoms with Crippen LogP contribution in [0.4, 0.5) is 4.39 Å². The van der Waals surface area contributed by atoms with Crippen molar-refractivity contribution in [2.24, 2.45) is 0 Å². The molecule has 3 nitrogen and oxygen atoms in total. The van der Waals surface area contributed by atoms with Gasteiger partial charge in [-0.25, -0.2) is 4.39 Å². The highest BCUT2D eigenvalue weighted by molar-refractivity contribution is 9.10. The van der Waals surface area contributed by atoms with E-state index in [1.54, 1.807) is 19.9 Å². The summed E-state index contributed by atoms with van der Waals surface area (Å²) < 4.78 is 13.9. The Kier molecular flexibility index (Phi) is 4.24. The lowest BCUT2D eigenvalue weighted by molar-refractivity contribution is 0.0918. The zero-order chi connectivity index (χ0) is 13.1. The molecule has 0 radical (unpaired) electrons. The fraction of sp³-hybridized carbons (Fsp3) is 0.333. The molecule has 1 aromatic rings. The van der Waals surface area contributed by atoms with Crippen molar-refractivity contribution in [1.82, 2.24) is 5.32 Å². The summed E-state index contributed by atoms with van der Waals surface area (Å²) in [5, 5.41) is 11.5. The second kappa shape index (κ2) is 5.28. The largest absolute Gasteiger partial charge is 0.334 e. The maximum atomic E-state index is 13.5. The molecule has 0 bridgehead atoms. The van der Waals surface area contributed by atoms with Crippen LogP contribution < -0.4 is 5.32 Å². The third kappa shape index (κ3) is 3.04. The predicted octanol–water partition coefficient (Wildman–Crippen LogP) is 3.01. The average molecular weight is 299 g/mol. The van der Waals surface area contributed by atoms with Crippen molar-refractivity contribution in [1.29, 1.82) is 5.26 Å². The minimum Gasteiger partial charge on any atom is -0.334 e. The highest BCUT2D eigenvalue weighted by atomic mass is 79.9. The van der Waals surface area contributed by atoms with Gasteiger partial charge >= 0.3 is 0 Å². The number of rotatable bonds is 3. The van der Waals surface area contributed by atoms with Gasteiger partial charge in [-0.15, -0.1) is 0 Å². The number of halogens is 2. The van der Waals surface area contributed by atoms with Crippen LogP contribution in [0.1, 0.15) is 30.6 Å². The summed E-state index contributed by atoms with van der Waals surface area (Å²) in [6.07, 6.45) is 0.446. The Hall–Kier alpha value is -1.41. The van der Waals surface area contributed by atoms with Crippen molar-refractivity contribution in [3.63, 3.8) is 0 Å². The first-order valence-corrected chi connectivity index (χ1v) is 5.90. The normalized spacial score (nSPS) is 13.6. The average Bonchev–Trinajstić information content (AvgIpc) is 2.28. The van der Waals surface area contributed by atoms with E-state index in [9.17, 15) is 9.18 Å². The van der Waals surface area contributed by atoms with E-state index in [1.165, 1.54) is 12.1 Å². The van der Waals surface area contributed by atoms with E-state index in [0.717, 1.165) is 0 Å². The van der Waals surface area contributed by atoms with Gasteiger partial charge in [0, 0.05) is 4.47 Å². The molecule has 1 rings (SSSR count). The molecule has 0 saturated carbocycles. The van der Waals surface area contributed by atoms with Crippen molar-refractivity contribution in [3.05, 3.63) is 34.1 Å². The Bertz CT molecular complexity index is 464. The number of hydrogen-bond acceptors (Lipinski definition) is 2. The second-order valence-electron chi connectivity index (χ2n) is 3.85. The third-order valence-electron chi connectivity index (χ3n) is 2.53. The molecule has 1 atom stereocenters. The molecule has 17 heavy (non-hydrogen) atoms. The lowest BCUT2D eigenvalue weighted by Crippen LogP contribution is -2.44. The molecule has 0 spiro atoms. The van der Waals surface area contributed by atoms with Crippen LogP contribution in [-0.2, 0) is 0 Å². The maximum Gasteiger partial charge on any atom is 0.256 e. The summed E-state index contributed by atoms with van der Waals surface area (Å²) in [6.45, 7) is 3.37. The standard InChI is InChI=1S/C12H12BrFN2O/c1-3-12(2,7-15)16-11(17)10-8(13)5-4-6-9(10)14/h4-6H,3H2,1-2H3,(H,16,17). The van der Waals surface area contributed by atoms with E-state index in [0.29, 0.717) is 10.9 Å². The Labute approximate surface area is 108 Å². The fourth-order valence-corrected chi connectivity index (χ4v) is 1.75. The fourth-order valence-electron chi connectivity index (χ4n) is 1.22. The van der Waals surface area contributed by atoms with Gasteiger partial charge in [-0.05, 0) is 41.4 Å². The number of nitrogens with one attached hydrogen (secondary N) is 1. The monoisotopic (exact) mass is 298 g/mol. The summed E-state index contributed by atoms with van der Waals surface area (Å²) in [5.41, 5.74) is -1.07. The number of hydrogen-bond donors (Lipinski definition) is 1. The highest BCUT2D eigenvalue weighted by Crippen LogP contribution is 2.20. The number of nitrogens with zero attached hydrogens (tertiary/aromatic N) is 1. The van der Waals surface area contributed by atoms with Crippen LogP contribution in [0, 0.1) is 17.1 Å². The maximum absolute atomic E-state index is 13.5. The number of amides is 1. The van der Waals surface area contributed by atoms with Gasteiger partial charge in [0.05, 0.1) is 11.6 Å². The van der Waals surface area contributed by atoms with Crippen LogP contribution in [-0.4, -0.2) is 11.4 Å². The van der Waals surface area contributed by atoms with E-state index in [2.05, 4.69) is 21.2 Å². The Morgan fingerprint density at radius 1 is 1.65 bits per heavy atom. The van der Waals surface area contributed by atoms with Gasteiger partial charge in [0.1, 0.15) is 11.4 Å². The van der Waals surface area contributed by atoms with E-state index in [-0.39, 0.29) is 5.56 Å². The van der Waals surface area contributed by atoms with Crippen molar-refractivity contribution < 1.29 is 9.18 Å². The number of nitriles is 1. The Morgan fingerprint density at radius 2 is 2.29 bits per heavy atom. The third-order valence-corrected chi connectivity index (χ3v) is 3.19. The van der Waals surface area contributed by atoms with Crippen LogP contribution in [0.3, 0.4) is 0 Å². The molecular formula is C12H12BrFN2O. The molecule has 0 aliphatic heterocycles. The molecule has 0 aliphatic rings. The zero-order valence-corrected chi connectivity index (χ0v) is 11.1. The van der Waals surface area contributed by atoms with Gasteiger partial charge in [0.25, 0.3) is 5.91 Å². The minimum atomic E-state index is -0.987. The molecule has 5 heteroatoms. The topological polar surface area (TPSA) is 52.9 Å². The predicted molar refractivity (Wildman–Crippen MR) is 65.9 cm³/mol. The van der Waals surface area contributed by atoms with Gasteiger partial charge in [-0.3, -0.25) is 4.79 Å². The van der Waals surface area contributed by atoms with E-state index in [1.807, 2.05) is 6.07 Å². The molecule has 1 aromatic carbocycles. The van der Waals surface area contributed by atoms with Crippen molar-refractivity contribution in [3.8, 4) is 6.07 Å². The molecule has 0 heterocycles. The van der Waals surface area contributed by atoms with Crippen molar-refractivity contribution in [2.45, 2.75) is 25.8 Å². The number of benzene rings is 1. The van der Waals surface area contributed by atoms with E-state index in [4.69, 9.17) is 5.26 Å². The molecule has 1 unspecified atom stereocenters. The molecule has 0 aromatic heterocycles. The minimum absolute atomic E-state index is 0.0811. The Morgan fingerprint density at radius 3 is 2.76 bits per heavy atom. The van der Waals surface area contributed by atoms with Crippen LogP contribution in [0.2, 0.25) is 0 Å². The van der Waals surface area contributed by atoms with Gasteiger partial charge in [-0.2, -0.15) is 5.26 Å². The summed E-state index contributed by atoms with van der Waals surface area (Å²) in [4.78, 5) is 11.9. The van der Waals surface area contributed by atoms with Crippen molar-refractivity contribution in [2.75, 3.05) is 0 Å². The summed E-state index contributed by atoms with van der Waals surface area (Å²) >= 11 is 3.12. The number of carbonyl (C=O) groups excluding carboxylic acids is 1. The summed E-state index contributed by atoms with van der Waals surface area (Å²) in [5.74, 6) is -1.21. The lowest BCUT2D eigenvalue weighted by Gasteiger charge is -2.21. The Balaban J connectivity index is 3.03. The van der Waals surface area contributed by atoms with E-state index >= 15 is 0 Å². The second-order valence-corrected chi connectivity index (χ2v) is 4.70. The molecule has 0 fully saturated rings. The summed E-state index contributed by atoms with van der Waals surface area (Å²) in [6, 6.07) is 6.28. The molecule has 1 N–H and O–H groups in total. The molecular weight excluding hydrogens is 287 g/mol. The first-order valence-electron chi connectivity index (χ1n) is 5.11. The quantitative estimate of drug-likeness (QED) is 0.932. The lowest BCUT2D eigenvalue weighted by atomic mass is 10.0. The van der Waals surface area contributed by atoms with E-state index < -0.39 is 17.3 Å². The van der Waals surface area contributed by atoms with Crippen LogP contribution in [0.15, 0.2) is 22.7 Å². The highest BCUT2D eigenvalue weighted by Gasteiger charge is 2.26. The number of carbonyl (C=O) groups is 1. The molecule has 90 valence electrons. The zero-order valence-electron chi connectivity index (χ0n) is 9.55. The first kappa shape index (κ1) is 13.7. The van der Waals surface area contributed by atoms with Gasteiger partial charge in [-0.1, -0.05) is 13.0 Å². The molecule has 0 saturated heterocycles. The molecule has 1 amide bonds. The van der Waals surface area contributed by atoms with Gasteiger partial charge in [0.15, 0.2) is 0 Å². The first-order chi connectivity index (χ1) is 7.93. The van der Waals surface area contributed by atoms with Gasteiger partial charge < -0.3 is 5.32 Å². The van der Waals surface area contributed by atoms with Crippen molar-refractivity contribution >= 4 is 21.8 Å². The molecule has 0 aliphatic carbocycles. The van der Waals surface area contributed by atoms with Gasteiger partial charge in [0.2, 0.25) is 0 Å².